The molecule has 0 fully saturated rings. The fraction of sp³-hybridized carbons (Fsp3) is 0.235. The van der Waals surface area contributed by atoms with Crippen LogP contribution in [0.5, 0.6) is 0 Å². The van der Waals surface area contributed by atoms with Gasteiger partial charge >= 0.3 is 0 Å². The quantitative estimate of drug-likeness (QED) is 0.856. The number of benzene rings is 2. The van der Waals surface area contributed by atoms with E-state index in [0.717, 1.165) is 10.0 Å². The van der Waals surface area contributed by atoms with Gasteiger partial charge in [-0.25, -0.2) is 0 Å². The minimum atomic E-state index is -0.0695. The topological polar surface area (TPSA) is 46.3 Å². The number of carbonyl (C=O) groups is 1. The first-order valence-corrected chi connectivity index (χ1v) is 7.54. The third kappa shape index (κ3) is 3.64. The highest BCUT2D eigenvalue weighted by atomic mass is 79.9. The van der Waals surface area contributed by atoms with Crippen LogP contribution in [0.25, 0.3) is 0 Å². The lowest BCUT2D eigenvalue weighted by molar-refractivity contribution is 0.0786. The van der Waals surface area contributed by atoms with Crippen LogP contribution in [0.2, 0.25) is 0 Å². The van der Waals surface area contributed by atoms with Crippen molar-refractivity contribution in [3.63, 3.8) is 0 Å². The molecular formula is C17H19BrN2O. The van der Waals surface area contributed by atoms with Crippen molar-refractivity contribution in [3.8, 4) is 0 Å². The predicted molar refractivity (Wildman–Crippen MR) is 90.3 cm³/mol. The van der Waals surface area contributed by atoms with Gasteiger partial charge in [0.15, 0.2) is 0 Å². The van der Waals surface area contributed by atoms with Crippen molar-refractivity contribution in [2.45, 2.75) is 20.4 Å². The summed E-state index contributed by atoms with van der Waals surface area (Å²) in [6.45, 7) is 4.70. The lowest BCUT2D eigenvalue weighted by Crippen LogP contribution is -2.27. The molecule has 2 aromatic carbocycles. The maximum atomic E-state index is 12.5. The van der Waals surface area contributed by atoms with E-state index in [9.17, 15) is 4.79 Å². The van der Waals surface area contributed by atoms with E-state index in [1.165, 1.54) is 11.1 Å². The molecule has 0 spiro atoms. The standard InChI is InChI=1S/C17H19BrN2O/c1-11-4-5-13(12(2)8-11)10-20(3)17(21)15-7-6-14(18)9-16(15)19/h4-9H,10,19H2,1-3H3. The van der Waals surface area contributed by atoms with Crippen molar-refractivity contribution < 1.29 is 4.79 Å². The Labute approximate surface area is 133 Å². The molecule has 0 aliphatic rings. The molecule has 2 aromatic rings. The van der Waals surface area contributed by atoms with Crippen LogP contribution >= 0.6 is 15.9 Å². The highest BCUT2D eigenvalue weighted by Crippen LogP contribution is 2.21. The summed E-state index contributed by atoms with van der Waals surface area (Å²) in [7, 11) is 1.79. The van der Waals surface area contributed by atoms with E-state index in [2.05, 4.69) is 48.0 Å². The Morgan fingerprint density at radius 3 is 2.52 bits per heavy atom. The van der Waals surface area contributed by atoms with E-state index in [0.29, 0.717) is 17.8 Å². The van der Waals surface area contributed by atoms with Gasteiger partial charge in [0.2, 0.25) is 0 Å². The maximum Gasteiger partial charge on any atom is 0.255 e. The first-order chi connectivity index (χ1) is 9.88. The molecule has 0 bridgehead atoms. The molecular weight excluding hydrogens is 328 g/mol. The zero-order valence-electron chi connectivity index (χ0n) is 12.5. The van der Waals surface area contributed by atoms with Crippen LogP contribution in [-0.4, -0.2) is 17.9 Å². The van der Waals surface area contributed by atoms with E-state index >= 15 is 0 Å². The average molecular weight is 347 g/mol. The molecule has 110 valence electrons. The fourth-order valence-corrected chi connectivity index (χ4v) is 2.66. The number of hydrogen-bond donors (Lipinski definition) is 1. The highest BCUT2D eigenvalue weighted by molar-refractivity contribution is 9.10. The van der Waals surface area contributed by atoms with E-state index in [1.54, 1.807) is 24.1 Å². The lowest BCUT2D eigenvalue weighted by atomic mass is 10.0. The highest BCUT2D eigenvalue weighted by Gasteiger charge is 2.15. The minimum absolute atomic E-state index is 0.0695. The molecule has 1 amide bonds. The van der Waals surface area contributed by atoms with E-state index in [4.69, 9.17) is 5.73 Å². The van der Waals surface area contributed by atoms with Crippen LogP contribution in [-0.2, 0) is 6.54 Å². The monoisotopic (exact) mass is 346 g/mol. The average Bonchev–Trinajstić information content (AvgIpc) is 2.41. The van der Waals surface area contributed by atoms with Crippen LogP contribution in [0.3, 0.4) is 0 Å². The van der Waals surface area contributed by atoms with Crippen LogP contribution in [0, 0.1) is 13.8 Å². The molecule has 0 radical (unpaired) electrons. The molecule has 0 saturated carbocycles. The Hall–Kier alpha value is -1.81. The Bertz CT molecular complexity index is 682. The molecule has 2 rings (SSSR count). The Kier molecular flexibility index (Phi) is 4.68. The molecule has 21 heavy (non-hydrogen) atoms. The summed E-state index contributed by atoms with van der Waals surface area (Å²) in [5.74, 6) is -0.0695. The number of nitrogen functional groups attached to an aromatic ring is 1. The number of rotatable bonds is 3. The van der Waals surface area contributed by atoms with Crippen molar-refractivity contribution in [1.82, 2.24) is 4.90 Å². The number of nitrogens with two attached hydrogens (primary N) is 1. The van der Waals surface area contributed by atoms with Crippen molar-refractivity contribution >= 4 is 27.5 Å². The zero-order valence-corrected chi connectivity index (χ0v) is 14.1. The molecule has 0 unspecified atom stereocenters. The summed E-state index contributed by atoms with van der Waals surface area (Å²) < 4.78 is 0.869. The first-order valence-electron chi connectivity index (χ1n) is 6.75. The van der Waals surface area contributed by atoms with Gasteiger partial charge in [0.25, 0.3) is 5.91 Å². The largest absolute Gasteiger partial charge is 0.398 e. The smallest absolute Gasteiger partial charge is 0.255 e. The SMILES string of the molecule is Cc1ccc(CN(C)C(=O)c2ccc(Br)cc2N)c(C)c1. The van der Waals surface area contributed by atoms with Crippen LogP contribution in [0.1, 0.15) is 27.0 Å². The summed E-state index contributed by atoms with van der Waals surface area (Å²) >= 11 is 3.35. The third-order valence-corrected chi connectivity index (χ3v) is 3.99. The summed E-state index contributed by atoms with van der Waals surface area (Å²) in [6.07, 6.45) is 0. The van der Waals surface area contributed by atoms with Gasteiger partial charge in [0.1, 0.15) is 0 Å². The zero-order chi connectivity index (χ0) is 15.6. The van der Waals surface area contributed by atoms with E-state index < -0.39 is 0 Å². The molecule has 0 aliphatic carbocycles. The summed E-state index contributed by atoms with van der Waals surface area (Å²) in [5, 5.41) is 0. The molecule has 0 aliphatic heterocycles. The summed E-state index contributed by atoms with van der Waals surface area (Å²) in [6, 6.07) is 11.6. The number of anilines is 1. The van der Waals surface area contributed by atoms with Gasteiger partial charge in [0, 0.05) is 23.8 Å². The van der Waals surface area contributed by atoms with Gasteiger partial charge in [-0.15, -0.1) is 0 Å². The van der Waals surface area contributed by atoms with Crippen molar-refractivity contribution in [1.29, 1.82) is 0 Å². The van der Waals surface area contributed by atoms with Gasteiger partial charge in [0.05, 0.1) is 5.56 Å². The molecule has 0 aromatic heterocycles. The van der Waals surface area contributed by atoms with Gasteiger partial charge in [-0.1, -0.05) is 39.7 Å². The number of carbonyl (C=O) groups excluding carboxylic acids is 1. The first kappa shape index (κ1) is 15.6. The molecule has 2 N–H and O–H groups in total. The second kappa shape index (κ2) is 6.31. The Balaban J connectivity index is 2.19. The number of halogens is 1. The predicted octanol–water partition coefficient (Wildman–Crippen LogP) is 3.92. The molecule has 0 saturated heterocycles. The Morgan fingerprint density at radius 1 is 1.19 bits per heavy atom. The van der Waals surface area contributed by atoms with Gasteiger partial charge in [-0.05, 0) is 43.2 Å². The second-order valence-corrected chi connectivity index (χ2v) is 6.24. The third-order valence-electron chi connectivity index (χ3n) is 3.50. The molecule has 3 nitrogen and oxygen atoms in total. The molecule has 0 heterocycles. The van der Waals surface area contributed by atoms with Crippen LogP contribution < -0.4 is 5.73 Å². The second-order valence-electron chi connectivity index (χ2n) is 5.32. The van der Waals surface area contributed by atoms with Crippen molar-refractivity contribution in [2.24, 2.45) is 0 Å². The van der Waals surface area contributed by atoms with Gasteiger partial charge in [-0.2, -0.15) is 0 Å². The summed E-state index contributed by atoms with van der Waals surface area (Å²) in [4.78, 5) is 14.2. The lowest BCUT2D eigenvalue weighted by Gasteiger charge is -2.20. The van der Waals surface area contributed by atoms with Crippen LogP contribution in [0.4, 0.5) is 5.69 Å². The van der Waals surface area contributed by atoms with E-state index in [1.807, 2.05) is 6.07 Å². The summed E-state index contributed by atoms with van der Waals surface area (Å²) in [5.41, 5.74) is 10.5. The van der Waals surface area contributed by atoms with Crippen LogP contribution in [0.15, 0.2) is 40.9 Å². The number of amides is 1. The van der Waals surface area contributed by atoms with E-state index in [-0.39, 0.29) is 5.91 Å². The van der Waals surface area contributed by atoms with Crippen molar-refractivity contribution in [2.75, 3.05) is 12.8 Å². The molecule has 4 heteroatoms. The Morgan fingerprint density at radius 2 is 1.90 bits per heavy atom. The van der Waals surface area contributed by atoms with Gasteiger partial charge in [-0.3, -0.25) is 4.79 Å². The van der Waals surface area contributed by atoms with Gasteiger partial charge < -0.3 is 10.6 Å². The minimum Gasteiger partial charge on any atom is -0.398 e. The molecule has 0 atom stereocenters. The maximum absolute atomic E-state index is 12.5. The number of hydrogen-bond acceptors (Lipinski definition) is 2. The number of aryl methyl sites for hydroxylation is 2. The fourth-order valence-electron chi connectivity index (χ4n) is 2.28. The normalized spacial score (nSPS) is 10.5. The van der Waals surface area contributed by atoms with Crippen molar-refractivity contribution in [3.05, 3.63) is 63.1 Å². The number of nitrogens with zero attached hydrogens (tertiary/aromatic N) is 1.